The molecule has 1 fully saturated rings. The Morgan fingerprint density at radius 3 is 2.77 bits per heavy atom. The van der Waals surface area contributed by atoms with Crippen LogP contribution in [0.4, 0.5) is 0 Å². The van der Waals surface area contributed by atoms with Crippen molar-refractivity contribution in [3.63, 3.8) is 0 Å². The number of aromatic nitrogens is 5. The summed E-state index contributed by atoms with van der Waals surface area (Å²) in [5.41, 5.74) is 5.88. The maximum atomic E-state index is 9.33. The number of aryl methyl sites for hydroxylation is 1. The molecule has 2 aromatic carbocycles. The highest BCUT2D eigenvalue weighted by molar-refractivity contribution is 5.94. The van der Waals surface area contributed by atoms with Crippen LogP contribution >= 0.6 is 0 Å². The van der Waals surface area contributed by atoms with Gasteiger partial charge in [0, 0.05) is 55.8 Å². The lowest BCUT2D eigenvalue weighted by Gasteiger charge is -2.31. The highest BCUT2D eigenvalue weighted by Gasteiger charge is 2.23. The number of piperidine rings is 1. The maximum Gasteiger partial charge on any atom is 0.302 e. The molecular weight excluding hydrogens is 488 g/mol. The van der Waals surface area contributed by atoms with Crippen LogP contribution in [0.15, 0.2) is 61.1 Å². The van der Waals surface area contributed by atoms with Crippen molar-refractivity contribution in [2.75, 3.05) is 26.2 Å². The minimum atomic E-state index is 0.365. The summed E-state index contributed by atoms with van der Waals surface area (Å²) in [6, 6.07) is 18.6. The number of likely N-dealkylation sites (tertiary alicyclic amines) is 1. The van der Waals surface area contributed by atoms with Crippen LogP contribution in [0.2, 0.25) is 0 Å². The van der Waals surface area contributed by atoms with Gasteiger partial charge in [0.15, 0.2) is 5.65 Å². The van der Waals surface area contributed by atoms with Gasteiger partial charge in [-0.1, -0.05) is 18.2 Å². The fraction of sp³-hybridized carbons (Fsp3) is 0.300. The highest BCUT2D eigenvalue weighted by Crippen LogP contribution is 2.37. The second kappa shape index (κ2) is 10.6. The number of rotatable bonds is 7. The van der Waals surface area contributed by atoms with E-state index in [-0.39, 0.29) is 0 Å². The van der Waals surface area contributed by atoms with Gasteiger partial charge in [0.2, 0.25) is 0 Å². The molecule has 1 atom stereocenters. The molecule has 9 nitrogen and oxygen atoms in total. The molecule has 0 aliphatic carbocycles. The summed E-state index contributed by atoms with van der Waals surface area (Å²) in [7, 11) is 1.93. The van der Waals surface area contributed by atoms with Crippen LogP contribution in [0.25, 0.3) is 38.9 Å². The fourth-order valence-electron chi connectivity index (χ4n) is 5.44. The summed E-state index contributed by atoms with van der Waals surface area (Å²) in [5, 5.41) is 23.7. The van der Waals surface area contributed by atoms with Crippen molar-refractivity contribution in [1.29, 1.82) is 10.5 Å². The van der Waals surface area contributed by atoms with E-state index in [9.17, 15) is 5.26 Å². The lowest BCUT2D eigenvalue weighted by Crippen LogP contribution is -2.38. The topological polar surface area (TPSA) is 108 Å². The van der Waals surface area contributed by atoms with Crippen molar-refractivity contribution in [2.45, 2.75) is 19.3 Å². The predicted molar refractivity (Wildman–Crippen MR) is 148 cm³/mol. The van der Waals surface area contributed by atoms with Gasteiger partial charge in [-0.3, -0.25) is 9.08 Å². The standard InChI is InChI=1S/C30H28N8O/c1-36-26-10-9-24(16-25(26)18-34-36)27-28(23-7-5-21(17-32)6-8-23)35-30(38-15-12-33-29(27)38)39-20-22-4-2-13-37(19-22)14-3-11-31/h5-10,12,15-16,18,22H,2-4,13-14,19-20H2,1H3/t22-/m1/s1. The van der Waals surface area contributed by atoms with E-state index < -0.39 is 0 Å². The minimum absolute atomic E-state index is 0.365. The zero-order valence-electron chi connectivity index (χ0n) is 21.8. The first kappa shape index (κ1) is 24.6. The van der Waals surface area contributed by atoms with E-state index in [2.05, 4.69) is 40.3 Å². The van der Waals surface area contributed by atoms with E-state index in [1.165, 1.54) is 0 Å². The van der Waals surface area contributed by atoms with Gasteiger partial charge in [-0.15, -0.1) is 0 Å². The molecule has 4 heterocycles. The summed E-state index contributed by atoms with van der Waals surface area (Å²) < 4.78 is 10.2. The quantitative estimate of drug-likeness (QED) is 0.305. The van der Waals surface area contributed by atoms with E-state index in [1.54, 1.807) is 18.3 Å². The number of hydrogen-bond acceptors (Lipinski definition) is 7. The third kappa shape index (κ3) is 4.81. The van der Waals surface area contributed by atoms with Crippen molar-refractivity contribution < 1.29 is 4.74 Å². The first-order valence-electron chi connectivity index (χ1n) is 13.2. The van der Waals surface area contributed by atoms with E-state index in [1.807, 2.05) is 40.7 Å². The van der Waals surface area contributed by atoms with Crippen LogP contribution in [0.3, 0.4) is 0 Å². The Labute approximate surface area is 226 Å². The number of benzene rings is 2. The molecule has 194 valence electrons. The van der Waals surface area contributed by atoms with Crippen LogP contribution in [-0.2, 0) is 7.05 Å². The maximum absolute atomic E-state index is 9.33. The number of hydrogen-bond donors (Lipinski definition) is 0. The fourth-order valence-corrected chi connectivity index (χ4v) is 5.44. The highest BCUT2D eigenvalue weighted by atomic mass is 16.5. The lowest BCUT2D eigenvalue weighted by atomic mass is 9.98. The Hall–Kier alpha value is -4.73. The molecule has 0 saturated carbocycles. The summed E-state index contributed by atoms with van der Waals surface area (Å²) in [4.78, 5) is 12.1. The largest absolute Gasteiger partial charge is 0.464 e. The van der Waals surface area contributed by atoms with Crippen LogP contribution in [0, 0.1) is 28.6 Å². The van der Waals surface area contributed by atoms with Crippen molar-refractivity contribution in [3.05, 3.63) is 66.6 Å². The molecular formula is C30H28N8O. The Kier molecular flexibility index (Phi) is 6.66. The third-order valence-corrected chi connectivity index (χ3v) is 7.43. The molecule has 0 spiro atoms. The van der Waals surface area contributed by atoms with Gasteiger partial charge in [-0.05, 0) is 49.2 Å². The van der Waals surface area contributed by atoms with Gasteiger partial charge in [0.25, 0.3) is 0 Å². The normalized spacial score (nSPS) is 15.8. The zero-order valence-corrected chi connectivity index (χ0v) is 21.8. The first-order chi connectivity index (χ1) is 19.1. The van der Waals surface area contributed by atoms with E-state index in [4.69, 9.17) is 20.0 Å². The lowest BCUT2D eigenvalue weighted by molar-refractivity contribution is 0.126. The molecule has 1 aliphatic rings. The molecule has 0 unspecified atom stereocenters. The van der Waals surface area contributed by atoms with Gasteiger partial charge in [-0.25, -0.2) is 4.98 Å². The van der Waals surface area contributed by atoms with Gasteiger partial charge in [-0.2, -0.15) is 20.6 Å². The average molecular weight is 517 g/mol. The molecule has 6 rings (SSSR count). The Balaban J connectivity index is 1.41. The molecule has 1 saturated heterocycles. The summed E-state index contributed by atoms with van der Waals surface area (Å²) in [5.74, 6) is 0.365. The van der Waals surface area contributed by atoms with Crippen molar-refractivity contribution >= 4 is 16.6 Å². The van der Waals surface area contributed by atoms with Crippen molar-refractivity contribution in [3.8, 4) is 40.5 Å². The van der Waals surface area contributed by atoms with Gasteiger partial charge < -0.3 is 9.64 Å². The van der Waals surface area contributed by atoms with Crippen molar-refractivity contribution in [2.24, 2.45) is 13.0 Å². The number of ether oxygens (including phenoxy) is 1. The second-order valence-electron chi connectivity index (χ2n) is 10.00. The Bertz CT molecular complexity index is 1720. The van der Waals surface area contributed by atoms with E-state index >= 15 is 0 Å². The molecule has 9 heteroatoms. The summed E-state index contributed by atoms with van der Waals surface area (Å²) >= 11 is 0. The van der Waals surface area contributed by atoms with Gasteiger partial charge in [0.05, 0.1) is 47.3 Å². The summed E-state index contributed by atoms with van der Waals surface area (Å²) in [6.45, 7) is 3.29. The number of fused-ring (bicyclic) bond motifs is 2. The first-order valence-corrected chi connectivity index (χ1v) is 13.2. The number of imidazole rings is 1. The predicted octanol–water partition coefficient (Wildman–Crippen LogP) is 4.83. The number of nitriles is 2. The molecule has 5 aromatic rings. The smallest absolute Gasteiger partial charge is 0.302 e. The molecule has 0 amide bonds. The van der Waals surface area contributed by atoms with Gasteiger partial charge in [0.1, 0.15) is 0 Å². The molecule has 3 aromatic heterocycles. The van der Waals surface area contributed by atoms with Crippen LogP contribution in [0.5, 0.6) is 6.01 Å². The van der Waals surface area contributed by atoms with Crippen molar-refractivity contribution in [1.82, 2.24) is 29.0 Å². The Morgan fingerprint density at radius 1 is 1.10 bits per heavy atom. The second-order valence-corrected chi connectivity index (χ2v) is 10.00. The van der Waals surface area contributed by atoms with E-state index in [0.29, 0.717) is 30.5 Å². The molecule has 39 heavy (non-hydrogen) atoms. The molecule has 1 aliphatic heterocycles. The van der Waals surface area contributed by atoms with E-state index in [0.717, 1.165) is 71.4 Å². The molecule has 0 bridgehead atoms. The minimum Gasteiger partial charge on any atom is -0.464 e. The average Bonchev–Trinajstić information content (AvgIpc) is 3.61. The van der Waals surface area contributed by atoms with Gasteiger partial charge >= 0.3 is 6.01 Å². The Morgan fingerprint density at radius 2 is 1.95 bits per heavy atom. The van der Waals surface area contributed by atoms with Crippen LogP contribution in [-0.4, -0.2) is 55.3 Å². The SMILES string of the molecule is Cn1ncc2cc(-c3c(-c4ccc(C#N)cc4)nc(OC[C@@H]4CCCN(CCC#N)C4)n4ccnc34)ccc21. The molecule has 0 radical (unpaired) electrons. The number of nitrogens with zero attached hydrogens (tertiary/aromatic N) is 8. The van der Waals surface area contributed by atoms with Crippen LogP contribution in [0.1, 0.15) is 24.8 Å². The van der Waals surface area contributed by atoms with Crippen LogP contribution < -0.4 is 4.74 Å². The molecule has 0 N–H and O–H groups in total. The third-order valence-electron chi connectivity index (χ3n) is 7.43. The summed E-state index contributed by atoms with van der Waals surface area (Å²) in [6.07, 6.45) is 8.24. The monoisotopic (exact) mass is 516 g/mol. The zero-order chi connectivity index (χ0) is 26.8.